The van der Waals surface area contributed by atoms with Crippen molar-refractivity contribution < 1.29 is 19.4 Å². The summed E-state index contributed by atoms with van der Waals surface area (Å²) in [5, 5.41) is 14.1. The lowest BCUT2D eigenvalue weighted by Gasteiger charge is -2.14. The van der Waals surface area contributed by atoms with Crippen molar-refractivity contribution in [2.45, 2.75) is 39.0 Å². The summed E-state index contributed by atoms with van der Waals surface area (Å²) < 4.78 is 4.93. The van der Waals surface area contributed by atoms with E-state index in [2.05, 4.69) is 10.6 Å². The maximum atomic E-state index is 11.4. The van der Waals surface area contributed by atoms with E-state index in [1.165, 1.54) is 0 Å². The molecule has 0 saturated heterocycles. The van der Waals surface area contributed by atoms with Gasteiger partial charge in [-0.15, -0.1) is 0 Å². The first-order valence-electron chi connectivity index (χ1n) is 6.82. The van der Waals surface area contributed by atoms with Crippen molar-refractivity contribution >= 4 is 12.0 Å². The van der Waals surface area contributed by atoms with Gasteiger partial charge < -0.3 is 20.5 Å². The number of carboxylic acid groups (broad SMARTS) is 1. The number of aliphatic carboxylic acids is 1. The molecule has 0 aliphatic heterocycles. The number of nitrogens with one attached hydrogen (secondary N) is 2. The van der Waals surface area contributed by atoms with Crippen LogP contribution in [-0.2, 0) is 9.53 Å². The van der Waals surface area contributed by atoms with Gasteiger partial charge in [0, 0.05) is 33.2 Å². The molecule has 0 rings (SSSR count). The van der Waals surface area contributed by atoms with Crippen LogP contribution in [0.2, 0.25) is 0 Å². The van der Waals surface area contributed by atoms with Crippen LogP contribution in [0.5, 0.6) is 0 Å². The number of hydrogen-bond donors (Lipinski definition) is 3. The molecule has 0 bridgehead atoms. The van der Waals surface area contributed by atoms with E-state index in [1.54, 1.807) is 7.11 Å². The van der Waals surface area contributed by atoms with E-state index in [0.29, 0.717) is 13.1 Å². The first kappa shape index (κ1) is 17.7. The Labute approximate surface area is 114 Å². The Morgan fingerprint density at radius 2 is 1.95 bits per heavy atom. The Morgan fingerprint density at radius 3 is 2.53 bits per heavy atom. The van der Waals surface area contributed by atoms with Crippen LogP contribution >= 0.6 is 0 Å². The second-order valence-corrected chi connectivity index (χ2v) is 4.56. The third-order valence-electron chi connectivity index (χ3n) is 2.90. The molecule has 0 aromatic heterocycles. The zero-order valence-electron chi connectivity index (χ0n) is 11.9. The summed E-state index contributed by atoms with van der Waals surface area (Å²) in [6.45, 7) is 3.70. The van der Waals surface area contributed by atoms with Crippen molar-refractivity contribution in [1.82, 2.24) is 10.6 Å². The van der Waals surface area contributed by atoms with Gasteiger partial charge in [-0.1, -0.05) is 13.3 Å². The van der Waals surface area contributed by atoms with Crippen LogP contribution in [0.25, 0.3) is 0 Å². The highest BCUT2D eigenvalue weighted by atomic mass is 16.5. The molecule has 0 heterocycles. The first-order valence-corrected chi connectivity index (χ1v) is 6.82. The molecule has 0 spiro atoms. The van der Waals surface area contributed by atoms with E-state index in [4.69, 9.17) is 9.84 Å². The average molecular weight is 274 g/mol. The molecule has 0 aliphatic carbocycles. The molecule has 1 unspecified atom stereocenters. The number of hydrogen-bond acceptors (Lipinski definition) is 3. The van der Waals surface area contributed by atoms with Gasteiger partial charge in [0.2, 0.25) is 0 Å². The van der Waals surface area contributed by atoms with Crippen molar-refractivity contribution in [3.63, 3.8) is 0 Å². The molecule has 0 radical (unpaired) electrons. The normalized spacial score (nSPS) is 11.9. The molecular formula is C13H26N2O4. The zero-order chi connectivity index (χ0) is 14.5. The van der Waals surface area contributed by atoms with Crippen molar-refractivity contribution in [3.05, 3.63) is 0 Å². The van der Waals surface area contributed by atoms with Gasteiger partial charge in [-0.25, -0.2) is 4.79 Å². The van der Waals surface area contributed by atoms with Crippen LogP contribution in [0.15, 0.2) is 0 Å². The van der Waals surface area contributed by atoms with Gasteiger partial charge in [-0.2, -0.15) is 0 Å². The molecule has 0 aliphatic rings. The molecule has 6 nitrogen and oxygen atoms in total. The van der Waals surface area contributed by atoms with Crippen LogP contribution in [0.1, 0.15) is 39.0 Å². The van der Waals surface area contributed by atoms with Gasteiger partial charge >= 0.3 is 12.0 Å². The van der Waals surface area contributed by atoms with E-state index in [0.717, 1.165) is 32.3 Å². The summed E-state index contributed by atoms with van der Waals surface area (Å²) in [4.78, 5) is 22.0. The van der Waals surface area contributed by atoms with E-state index in [1.807, 2.05) is 6.92 Å². The molecule has 0 aromatic carbocycles. The average Bonchev–Trinajstić information content (AvgIpc) is 2.38. The summed E-state index contributed by atoms with van der Waals surface area (Å²) in [6.07, 6.45) is 3.77. The molecule has 3 N–H and O–H groups in total. The monoisotopic (exact) mass is 274 g/mol. The van der Waals surface area contributed by atoms with E-state index in [9.17, 15) is 9.59 Å². The second kappa shape index (κ2) is 11.8. The van der Waals surface area contributed by atoms with Crippen LogP contribution in [0, 0.1) is 5.92 Å². The molecular weight excluding hydrogens is 248 g/mol. The van der Waals surface area contributed by atoms with Gasteiger partial charge in [-0.05, 0) is 25.2 Å². The molecule has 0 fully saturated rings. The van der Waals surface area contributed by atoms with E-state index in [-0.39, 0.29) is 18.4 Å². The largest absolute Gasteiger partial charge is 0.481 e. The third-order valence-corrected chi connectivity index (χ3v) is 2.90. The molecule has 0 saturated carbocycles. The number of unbranched alkanes of at least 4 members (excludes halogenated alkanes) is 2. The minimum atomic E-state index is -0.827. The van der Waals surface area contributed by atoms with Gasteiger partial charge in [0.15, 0.2) is 0 Å². The summed E-state index contributed by atoms with van der Waals surface area (Å²) in [6, 6.07) is -0.226. The van der Waals surface area contributed by atoms with Crippen molar-refractivity contribution in [1.29, 1.82) is 0 Å². The Morgan fingerprint density at radius 1 is 1.21 bits per heavy atom. The topological polar surface area (TPSA) is 87.7 Å². The number of carboxylic acids is 1. The number of amides is 2. The number of methoxy groups -OCH3 is 1. The smallest absolute Gasteiger partial charge is 0.314 e. The summed E-state index contributed by atoms with van der Waals surface area (Å²) in [5.74, 6) is -0.836. The second-order valence-electron chi connectivity index (χ2n) is 4.56. The Balaban J connectivity index is 3.54. The summed E-state index contributed by atoms with van der Waals surface area (Å²) in [5.41, 5.74) is 0. The summed E-state index contributed by atoms with van der Waals surface area (Å²) in [7, 11) is 1.67. The van der Waals surface area contributed by atoms with Crippen LogP contribution < -0.4 is 10.6 Å². The predicted molar refractivity (Wildman–Crippen MR) is 73.2 cm³/mol. The van der Waals surface area contributed by atoms with Crippen molar-refractivity contribution in [2.24, 2.45) is 5.92 Å². The molecule has 6 heteroatoms. The fraction of sp³-hybridized carbons (Fsp3) is 0.846. The van der Waals surface area contributed by atoms with Gasteiger partial charge in [0.1, 0.15) is 0 Å². The maximum Gasteiger partial charge on any atom is 0.314 e. The van der Waals surface area contributed by atoms with Crippen LogP contribution in [0.3, 0.4) is 0 Å². The highest BCUT2D eigenvalue weighted by molar-refractivity contribution is 5.73. The lowest BCUT2D eigenvalue weighted by atomic mass is 10.0. The number of carbonyl (C=O) groups excluding carboxylic acids is 1. The highest BCUT2D eigenvalue weighted by Gasteiger charge is 2.12. The lowest BCUT2D eigenvalue weighted by molar-refractivity contribution is -0.138. The van der Waals surface area contributed by atoms with Gasteiger partial charge in [0.25, 0.3) is 0 Å². The molecule has 2 amide bonds. The standard InChI is InChI=1S/C13H26N2O4/c1-3-11(9-12(16)17)10-15-13(18)14-7-5-4-6-8-19-2/h11H,3-10H2,1-2H3,(H,16,17)(H2,14,15,18). The lowest BCUT2D eigenvalue weighted by Crippen LogP contribution is -2.39. The van der Waals surface area contributed by atoms with Crippen molar-refractivity contribution in [2.75, 3.05) is 26.8 Å². The number of rotatable bonds is 11. The number of ether oxygens (including phenoxy) is 1. The Kier molecular flexibility index (Phi) is 11.0. The molecule has 1 atom stereocenters. The van der Waals surface area contributed by atoms with Gasteiger partial charge in [0.05, 0.1) is 0 Å². The minimum Gasteiger partial charge on any atom is -0.481 e. The Bertz CT molecular complexity index is 259. The van der Waals surface area contributed by atoms with E-state index >= 15 is 0 Å². The fourth-order valence-corrected chi connectivity index (χ4v) is 1.66. The van der Waals surface area contributed by atoms with Gasteiger partial charge in [-0.3, -0.25) is 4.79 Å². The van der Waals surface area contributed by atoms with Crippen molar-refractivity contribution in [3.8, 4) is 0 Å². The number of urea groups is 1. The fourth-order valence-electron chi connectivity index (χ4n) is 1.66. The van der Waals surface area contributed by atoms with Crippen LogP contribution in [-0.4, -0.2) is 43.9 Å². The van der Waals surface area contributed by atoms with Crippen LogP contribution in [0.4, 0.5) is 4.79 Å². The molecule has 112 valence electrons. The quantitative estimate of drug-likeness (QED) is 0.499. The SMILES string of the molecule is CCC(CNC(=O)NCCCCCOC)CC(=O)O. The minimum absolute atomic E-state index is 0.00930. The predicted octanol–water partition coefficient (Wildman–Crippen LogP) is 1.60. The third kappa shape index (κ3) is 11.5. The molecule has 0 aromatic rings. The summed E-state index contributed by atoms with van der Waals surface area (Å²) >= 11 is 0. The first-order chi connectivity index (χ1) is 9.10. The Hall–Kier alpha value is -1.30. The highest BCUT2D eigenvalue weighted by Crippen LogP contribution is 2.06. The molecule has 19 heavy (non-hydrogen) atoms. The maximum absolute atomic E-state index is 11.4. The number of carbonyl (C=O) groups is 2. The zero-order valence-corrected chi connectivity index (χ0v) is 11.9. The van der Waals surface area contributed by atoms with E-state index < -0.39 is 5.97 Å².